The first-order valence-corrected chi connectivity index (χ1v) is 8.94. The molecule has 0 radical (unpaired) electrons. The van der Waals surface area contributed by atoms with Crippen LogP contribution in [0.25, 0.3) is 0 Å². The molecule has 0 saturated carbocycles. The fourth-order valence-corrected chi connectivity index (χ4v) is 3.19. The molecule has 1 aromatic heterocycles. The van der Waals surface area contributed by atoms with E-state index in [0.717, 1.165) is 50.7 Å². The second-order valence-corrected chi connectivity index (χ2v) is 7.17. The molecule has 134 valence electrons. The third kappa shape index (κ3) is 4.90. The van der Waals surface area contributed by atoms with Gasteiger partial charge in [0, 0.05) is 39.5 Å². The van der Waals surface area contributed by atoms with Gasteiger partial charge in [-0.25, -0.2) is 0 Å². The molecule has 2 rings (SSSR count). The monoisotopic (exact) mass is 333 g/mol. The third-order valence-corrected chi connectivity index (χ3v) is 4.51. The molecule has 0 aromatic carbocycles. The molecule has 0 bridgehead atoms. The molecular weight excluding hydrogens is 302 g/mol. The van der Waals surface area contributed by atoms with Crippen LogP contribution in [0.1, 0.15) is 58.7 Å². The predicted octanol–water partition coefficient (Wildman–Crippen LogP) is 2.33. The molecule has 0 fully saturated rings. The lowest BCUT2D eigenvalue weighted by Gasteiger charge is -2.22. The highest BCUT2D eigenvalue weighted by Crippen LogP contribution is 2.22. The first-order chi connectivity index (χ1) is 11.4. The number of carbonyl (C=O) groups excluding carboxylic acids is 1. The topological polar surface area (TPSA) is 63.1 Å². The van der Waals surface area contributed by atoms with Crippen molar-refractivity contribution in [2.75, 3.05) is 19.6 Å². The Bertz CT molecular complexity index is 590. The molecule has 6 nitrogen and oxygen atoms in total. The van der Waals surface area contributed by atoms with Crippen molar-refractivity contribution in [3.05, 3.63) is 23.3 Å². The summed E-state index contributed by atoms with van der Waals surface area (Å²) in [5, 5.41) is 11.9. The summed E-state index contributed by atoms with van der Waals surface area (Å²) in [7, 11) is 0. The van der Waals surface area contributed by atoms with E-state index in [1.807, 2.05) is 0 Å². The second-order valence-electron chi connectivity index (χ2n) is 7.17. The molecule has 1 aliphatic heterocycles. The first kappa shape index (κ1) is 18.6. The van der Waals surface area contributed by atoms with Gasteiger partial charge in [0.2, 0.25) is 5.91 Å². The molecule has 1 amide bonds. The van der Waals surface area contributed by atoms with E-state index < -0.39 is 0 Å². The van der Waals surface area contributed by atoms with Crippen LogP contribution in [-0.2, 0) is 17.8 Å². The summed E-state index contributed by atoms with van der Waals surface area (Å²) in [4.78, 5) is 14.1. The molecular formula is C18H31N5O. The fourth-order valence-electron chi connectivity index (χ4n) is 3.19. The van der Waals surface area contributed by atoms with Gasteiger partial charge in [0.05, 0.1) is 6.04 Å². The number of carbonyl (C=O) groups is 1. The fraction of sp³-hybridized carbons (Fsp3) is 0.722. The van der Waals surface area contributed by atoms with Crippen molar-refractivity contribution in [3.63, 3.8) is 0 Å². The van der Waals surface area contributed by atoms with Gasteiger partial charge in [-0.3, -0.25) is 9.69 Å². The van der Waals surface area contributed by atoms with Gasteiger partial charge < -0.3 is 9.88 Å². The highest BCUT2D eigenvalue weighted by Gasteiger charge is 2.25. The summed E-state index contributed by atoms with van der Waals surface area (Å²) in [6, 6.07) is -0.0624. The standard InChI is InChI=1S/C18H31N5O/c1-6-14(4)12-22-8-7-17-20-21-18(23(17)10-9-22)16(11-13(2)3)19-15(5)24/h6,13,16H,7-12H2,1-5H3,(H,19,24)/b14-6+. The summed E-state index contributed by atoms with van der Waals surface area (Å²) in [6.07, 6.45) is 3.95. The average molecular weight is 333 g/mol. The van der Waals surface area contributed by atoms with E-state index in [9.17, 15) is 4.79 Å². The van der Waals surface area contributed by atoms with E-state index in [1.54, 1.807) is 6.92 Å². The van der Waals surface area contributed by atoms with Gasteiger partial charge in [0.25, 0.3) is 0 Å². The normalized spacial score (nSPS) is 17.5. The lowest BCUT2D eigenvalue weighted by atomic mass is 10.0. The van der Waals surface area contributed by atoms with Gasteiger partial charge >= 0.3 is 0 Å². The van der Waals surface area contributed by atoms with Crippen LogP contribution in [0.5, 0.6) is 0 Å². The van der Waals surface area contributed by atoms with E-state index in [4.69, 9.17) is 0 Å². The summed E-state index contributed by atoms with van der Waals surface area (Å²) in [5.41, 5.74) is 1.39. The Morgan fingerprint density at radius 3 is 2.62 bits per heavy atom. The minimum Gasteiger partial charge on any atom is -0.346 e. The van der Waals surface area contributed by atoms with E-state index in [0.29, 0.717) is 5.92 Å². The Kier molecular flexibility index (Phi) is 6.54. The van der Waals surface area contributed by atoms with E-state index in [-0.39, 0.29) is 11.9 Å². The van der Waals surface area contributed by atoms with Crippen LogP contribution in [0, 0.1) is 5.92 Å². The summed E-state index contributed by atoms with van der Waals surface area (Å²) in [5.74, 6) is 2.40. The molecule has 24 heavy (non-hydrogen) atoms. The number of aromatic nitrogens is 3. The first-order valence-electron chi connectivity index (χ1n) is 8.94. The summed E-state index contributed by atoms with van der Waals surface area (Å²) < 4.78 is 2.22. The number of nitrogens with one attached hydrogen (secondary N) is 1. The molecule has 0 saturated heterocycles. The molecule has 1 unspecified atom stereocenters. The summed E-state index contributed by atoms with van der Waals surface area (Å²) >= 11 is 0. The van der Waals surface area contributed by atoms with Crippen LogP contribution in [0.3, 0.4) is 0 Å². The van der Waals surface area contributed by atoms with Gasteiger partial charge in [0.1, 0.15) is 5.82 Å². The molecule has 1 aliphatic rings. The Morgan fingerprint density at radius 2 is 2.00 bits per heavy atom. The minimum atomic E-state index is -0.0624. The maximum absolute atomic E-state index is 11.6. The Hall–Kier alpha value is -1.69. The molecule has 1 N–H and O–H groups in total. The van der Waals surface area contributed by atoms with Crippen molar-refractivity contribution in [2.24, 2.45) is 5.92 Å². The molecule has 1 atom stereocenters. The Labute approximate surface area is 145 Å². The third-order valence-electron chi connectivity index (χ3n) is 4.51. The maximum Gasteiger partial charge on any atom is 0.217 e. The largest absolute Gasteiger partial charge is 0.346 e. The number of fused-ring (bicyclic) bond motifs is 1. The molecule has 0 spiro atoms. The second kappa shape index (κ2) is 8.42. The van der Waals surface area contributed by atoms with Gasteiger partial charge in [-0.1, -0.05) is 25.5 Å². The smallest absolute Gasteiger partial charge is 0.217 e. The Morgan fingerprint density at radius 1 is 1.25 bits per heavy atom. The molecule has 1 aromatic rings. The van der Waals surface area contributed by atoms with Crippen LogP contribution in [-0.4, -0.2) is 45.2 Å². The maximum atomic E-state index is 11.6. The van der Waals surface area contributed by atoms with Crippen LogP contribution in [0.4, 0.5) is 0 Å². The number of nitrogens with zero attached hydrogens (tertiary/aromatic N) is 4. The van der Waals surface area contributed by atoms with Crippen molar-refractivity contribution in [2.45, 2.75) is 60.0 Å². The summed E-state index contributed by atoms with van der Waals surface area (Å²) in [6.45, 7) is 14.0. The van der Waals surface area contributed by atoms with E-state index in [2.05, 4.69) is 58.8 Å². The number of rotatable bonds is 6. The quantitative estimate of drug-likeness (QED) is 0.812. The molecule has 2 heterocycles. The zero-order chi connectivity index (χ0) is 17.7. The van der Waals surface area contributed by atoms with Crippen LogP contribution in [0.2, 0.25) is 0 Å². The van der Waals surface area contributed by atoms with Gasteiger partial charge in [-0.05, 0) is 26.2 Å². The zero-order valence-electron chi connectivity index (χ0n) is 15.7. The SMILES string of the molecule is C/C=C(\C)CN1CCc2nnc(C(CC(C)C)NC(C)=O)n2CC1. The number of allylic oxidation sites excluding steroid dienone is 1. The van der Waals surface area contributed by atoms with Gasteiger partial charge in [-0.15, -0.1) is 10.2 Å². The van der Waals surface area contributed by atoms with Crippen molar-refractivity contribution in [3.8, 4) is 0 Å². The van der Waals surface area contributed by atoms with E-state index in [1.165, 1.54) is 5.57 Å². The Balaban J connectivity index is 2.16. The van der Waals surface area contributed by atoms with Crippen LogP contribution < -0.4 is 5.32 Å². The minimum absolute atomic E-state index is 0.0167. The van der Waals surface area contributed by atoms with Crippen molar-refractivity contribution >= 4 is 5.91 Å². The van der Waals surface area contributed by atoms with Crippen LogP contribution >= 0.6 is 0 Å². The van der Waals surface area contributed by atoms with Gasteiger partial charge in [-0.2, -0.15) is 0 Å². The number of amides is 1. The number of hydrogen-bond donors (Lipinski definition) is 1. The lowest BCUT2D eigenvalue weighted by molar-refractivity contribution is -0.119. The van der Waals surface area contributed by atoms with E-state index >= 15 is 0 Å². The van der Waals surface area contributed by atoms with Crippen molar-refractivity contribution < 1.29 is 4.79 Å². The van der Waals surface area contributed by atoms with Crippen molar-refractivity contribution in [1.82, 2.24) is 25.0 Å². The van der Waals surface area contributed by atoms with Crippen molar-refractivity contribution in [1.29, 1.82) is 0 Å². The molecule has 6 heteroatoms. The molecule has 0 aliphatic carbocycles. The van der Waals surface area contributed by atoms with Gasteiger partial charge in [0.15, 0.2) is 5.82 Å². The highest BCUT2D eigenvalue weighted by molar-refractivity contribution is 5.73. The number of hydrogen-bond acceptors (Lipinski definition) is 4. The lowest BCUT2D eigenvalue weighted by Crippen LogP contribution is -2.31. The zero-order valence-corrected chi connectivity index (χ0v) is 15.7. The average Bonchev–Trinajstić information content (AvgIpc) is 2.81. The predicted molar refractivity (Wildman–Crippen MR) is 95.6 cm³/mol. The van der Waals surface area contributed by atoms with Crippen LogP contribution in [0.15, 0.2) is 11.6 Å². The highest BCUT2D eigenvalue weighted by atomic mass is 16.1.